The number of rotatable bonds is 8. The zero-order chi connectivity index (χ0) is 15.1. The molecule has 21 heavy (non-hydrogen) atoms. The molecule has 0 saturated heterocycles. The topological polar surface area (TPSA) is 62.3 Å². The highest BCUT2D eigenvalue weighted by molar-refractivity contribution is 5.46. The first-order chi connectivity index (χ1) is 10.3. The van der Waals surface area contributed by atoms with Crippen LogP contribution in [0.5, 0.6) is 11.5 Å². The van der Waals surface area contributed by atoms with E-state index in [1.165, 1.54) is 0 Å². The second-order valence-corrected chi connectivity index (χ2v) is 4.77. The van der Waals surface area contributed by atoms with Crippen LogP contribution in [0.3, 0.4) is 0 Å². The lowest BCUT2D eigenvalue weighted by molar-refractivity contribution is 0.274. The first-order valence-electron chi connectivity index (χ1n) is 7.30. The third-order valence-electron chi connectivity index (χ3n) is 3.27. The van der Waals surface area contributed by atoms with E-state index in [4.69, 9.17) is 15.2 Å². The number of benzene rings is 1. The van der Waals surface area contributed by atoms with Crippen molar-refractivity contribution in [1.82, 2.24) is 9.55 Å². The maximum absolute atomic E-state index is 5.97. The van der Waals surface area contributed by atoms with E-state index in [1.54, 1.807) is 6.20 Å². The van der Waals surface area contributed by atoms with Gasteiger partial charge in [-0.1, -0.05) is 12.1 Å². The summed E-state index contributed by atoms with van der Waals surface area (Å²) in [7, 11) is 1.98. The van der Waals surface area contributed by atoms with Gasteiger partial charge in [0.25, 0.3) is 0 Å². The van der Waals surface area contributed by atoms with E-state index in [1.807, 2.05) is 42.9 Å². The summed E-state index contributed by atoms with van der Waals surface area (Å²) in [5, 5.41) is 0. The second-order valence-electron chi connectivity index (χ2n) is 4.77. The van der Waals surface area contributed by atoms with Crippen LogP contribution in [-0.2, 0) is 19.9 Å². The average molecular weight is 289 g/mol. The van der Waals surface area contributed by atoms with Crippen LogP contribution in [0.2, 0.25) is 0 Å². The van der Waals surface area contributed by atoms with E-state index in [9.17, 15) is 0 Å². The van der Waals surface area contributed by atoms with Crippen molar-refractivity contribution >= 4 is 0 Å². The monoisotopic (exact) mass is 289 g/mol. The van der Waals surface area contributed by atoms with Gasteiger partial charge in [0.1, 0.15) is 5.82 Å². The highest BCUT2D eigenvalue weighted by Gasteiger charge is 2.11. The number of nitrogens with zero attached hydrogens (tertiary/aromatic N) is 2. The Morgan fingerprint density at radius 3 is 2.76 bits per heavy atom. The Morgan fingerprint density at radius 2 is 2.10 bits per heavy atom. The summed E-state index contributed by atoms with van der Waals surface area (Å²) in [5.41, 5.74) is 6.76. The van der Waals surface area contributed by atoms with Crippen LogP contribution in [-0.4, -0.2) is 29.3 Å². The summed E-state index contributed by atoms with van der Waals surface area (Å²) in [4.78, 5) is 4.30. The van der Waals surface area contributed by atoms with Gasteiger partial charge in [-0.05, 0) is 31.5 Å². The van der Waals surface area contributed by atoms with E-state index >= 15 is 0 Å². The number of ether oxygens (including phenoxy) is 2. The van der Waals surface area contributed by atoms with E-state index in [-0.39, 0.29) is 0 Å². The van der Waals surface area contributed by atoms with Crippen molar-refractivity contribution < 1.29 is 9.47 Å². The fourth-order valence-electron chi connectivity index (χ4n) is 2.23. The fraction of sp³-hybridized carbons (Fsp3) is 0.438. The fourth-order valence-corrected chi connectivity index (χ4v) is 2.23. The van der Waals surface area contributed by atoms with Crippen molar-refractivity contribution in [3.63, 3.8) is 0 Å². The van der Waals surface area contributed by atoms with Crippen molar-refractivity contribution in [2.75, 3.05) is 19.8 Å². The number of nitrogens with two attached hydrogens (primary N) is 1. The number of aryl methyl sites for hydroxylation is 1. The molecule has 1 aromatic heterocycles. The number of para-hydroxylation sites is 1. The second kappa shape index (κ2) is 7.69. The summed E-state index contributed by atoms with van der Waals surface area (Å²) in [6.07, 6.45) is 5.26. The minimum absolute atomic E-state index is 0.562. The maximum Gasteiger partial charge on any atom is 0.164 e. The van der Waals surface area contributed by atoms with E-state index in [0.29, 0.717) is 19.8 Å². The van der Waals surface area contributed by atoms with Crippen LogP contribution >= 0.6 is 0 Å². The predicted molar refractivity (Wildman–Crippen MR) is 82.8 cm³/mol. The van der Waals surface area contributed by atoms with Crippen LogP contribution in [0.25, 0.3) is 0 Å². The number of hydrogen-bond acceptors (Lipinski definition) is 4. The van der Waals surface area contributed by atoms with Crippen LogP contribution in [0.4, 0.5) is 0 Å². The average Bonchev–Trinajstić information content (AvgIpc) is 2.88. The molecule has 5 nitrogen and oxygen atoms in total. The SMILES string of the molecule is CCOc1cccc(CCN)c1OCCc1nccn1C. The molecule has 1 aromatic carbocycles. The summed E-state index contributed by atoms with van der Waals surface area (Å²) < 4.78 is 13.6. The van der Waals surface area contributed by atoms with Gasteiger partial charge in [0.15, 0.2) is 11.5 Å². The van der Waals surface area contributed by atoms with E-state index in [2.05, 4.69) is 4.98 Å². The Labute approximate surface area is 125 Å². The van der Waals surface area contributed by atoms with Gasteiger partial charge in [0.2, 0.25) is 0 Å². The van der Waals surface area contributed by atoms with Gasteiger partial charge < -0.3 is 19.8 Å². The Kier molecular flexibility index (Phi) is 5.63. The lowest BCUT2D eigenvalue weighted by Gasteiger charge is -2.15. The molecule has 0 atom stereocenters. The van der Waals surface area contributed by atoms with Crippen molar-refractivity contribution in [2.45, 2.75) is 19.8 Å². The molecule has 1 heterocycles. The molecular weight excluding hydrogens is 266 g/mol. The van der Waals surface area contributed by atoms with Gasteiger partial charge in [-0.25, -0.2) is 4.98 Å². The molecule has 2 rings (SSSR count). The molecule has 2 aromatic rings. The summed E-state index contributed by atoms with van der Waals surface area (Å²) in [6, 6.07) is 5.94. The summed E-state index contributed by atoms with van der Waals surface area (Å²) >= 11 is 0. The molecule has 0 aliphatic heterocycles. The molecule has 0 aliphatic carbocycles. The van der Waals surface area contributed by atoms with Crippen molar-refractivity contribution in [3.8, 4) is 11.5 Å². The number of imidazole rings is 1. The number of aromatic nitrogens is 2. The standard InChI is InChI=1S/C16H23N3O2/c1-3-20-14-6-4-5-13(7-9-17)16(14)21-12-8-15-18-10-11-19(15)2/h4-6,10-11H,3,7-9,12,17H2,1-2H3. The molecule has 0 fully saturated rings. The van der Waals surface area contributed by atoms with Crippen molar-refractivity contribution in [2.24, 2.45) is 12.8 Å². The zero-order valence-corrected chi connectivity index (χ0v) is 12.7. The molecular formula is C16H23N3O2. The molecule has 5 heteroatoms. The van der Waals surface area contributed by atoms with Crippen LogP contribution in [0, 0.1) is 0 Å². The minimum atomic E-state index is 0.562. The Bertz CT molecular complexity index is 542. The Hall–Kier alpha value is -2.01. The van der Waals surface area contributed by atoms with Gasteiger partial charge in [0.05, 0.1) is 13.2 Å². The highest BCUT2D eigenvalue weighted by atomic mass is 16.5. The molecule has 0 amide bonds. The third kappa shape index (κ3) is 3.98. The smallest absolute Gasteiger partial charge is 0.164 e. The van der Waals surface area contributed by atoms with E-state index in [0.717, 1.165) is 35.7 Å². The van der Waals surface area contributed by atoms with Gasteiger partial charge >= 0.3 is 0 Å². The largest absolute Gasteiger partial charge is 0.490 e. The first kappa shape index (κ1) is 15.4. The predicted octanol–water partition coefficient (Wildman–Crippen LogP) is 1.94. The van der Waals surface area contributed by atoms with Crippen LogP contribution in [0.15, 0.2) is 30.6 Å². The normalized spacial score (nSPS) is 10.6. The van der Waals surface area contributed by atoms with Crippen molar-refractivity contribution in [3.05, 3.63) is 42.0 Å². The lowest BCUT2D eigenvalue weighted by atomic mass is 10.1. The third-order valence-corrected chi connectivity index (χ3v) is 3.27. The molecule has 114 valence electrons. The molecule has 0 aliphatic rings. The van der Waals surface area contributed by atoms with Crippen molar-refractivity contribution in [1.29, 1.82) is 0 Å². The molecule has 2 N–H and O–H groups in total. The molecule has 0 spiro atoms. The Balaban J connectivity index is 2.07. The first-order valence-corrected chi connectivity index (χ1v) is 7.30. The molecule has 0 bridgehead atoms. The number of hydrogen-bond donors (Lipinski definition) is 1. The van der Waals surface area contributed by atoms with E-state index < -0.39 is 0 Å². The van der Waals surface area contributed by atoms with Crippen LogP contribution < -0.4 is 15.2 Å². The molecule has 0 unspecified atom stereocenters. The lowest BCUT2D eigenvalue weighted by Crippen LogP contribution is -2.10. The summed E-state index contributed by atoms with van der Waals surface area (Å²) in [6.45, 7) is 3.73. The highest BCUT2D eigenvalue weighted by Crippen LogP contribution is 2.31. The maximum atomic E-state index is 5.97. The van der Waals surface area contributed by atoms with Gasteiger partial charge in [-0.15, -0.1) is 0 Å². The van der Waals surface area contributed by atoms with Gasteiger partial charge in [-0.2, -0.15) is 0 Å². The minimum Gasteiger partial charge on any atom is -0.490 e. The molecule has 0 saturated carbocycles. The zero-order valence-electron chi connectivity index (χ0n) is 12.7. The molecule has 0 radical (unpaired) electrons. The summed E-state index contributed by atoms with van der Waals surface area (Å²) in [5.74, 6) is 2.59. The Morgan fingerprint density at radius 1 is 1.24 bits per heavy atom. The van der Waals surface area contributed by atoms with Gasteiger partial charge in [-0.3, -0.25) is 0 Å². The quantitative estimate of drug-likeness (QED) is 0.806. The van der Waals surface area contributed by atoms with Crippen LogP contribution in [0.1, 0.15) is 18.3 Å². The van der Waals surface area contributed by atoms with Gasteiger partial charge in [0, 0.05) is 25.9 Å².